The molecule has 1 aromatic carbocycles. The van der Waals surface area contributed by atoms with Crippen molar-refractivity contribution >= 4 is 34.4 Å². The van der Waals surface area contributed by atoms with E-state index in [-0.39, 0.29) is 11.7 Å². The number of nitrogens with one attached hydrogen (secondary N) is 1. The Morgan fingerprint density at radius 3 is 2.40 bits per heavy atom. The van der Waals surface area contributed by atoms with Crippen LogP contribution in [0.3, 0.4) is 0 Å². The van der Waals surface area contributed by atoms with Gasteiger partial charge in [0.15, 0.2) is 0 Å². The fourth-order valence-electron chi connectivity index (χ4n) is 3.54. The number of rotatable bonds is 6. The first-order chi connectivity index (χ1) is 14.2. The summed E-state index contributed by atoms with van der Waals surface area (Å²) in [4.78, 5) is 42.8. The van der Waals surface area contributed by atoms with E-state index in [1.54, 1.807) is 13.2 Å². The molecule has 0 unspecified atom stereocenters. The average Bonchev–Trinajstić information content (AvgIpc) is 2.68. The van der Waals surface area contributed by atoms with Crippen molar-refractivity contribution in [2.24, 2.45) is 14.1 Å². The topological polar surface area (TPSA) is 86.0 Å². The molecule has 0 saturated carbocycles. The highest BCUT2D eigenvalue weighted by atomic mass is 32.2. The molecule has 0 bridgehead atoms. The van der Waals surface area contributed by atoms with E-state index in [1.807, 2.05) is 39.0 Å². The van der Waals surface area contributed by atoms with Crippen LogP contribution >= 0.6 is 11.8 Å². The van der Waals surface area contributed by atoms with E-state index in [0.29, 0.717) is 15.9 Å². The summed E-state index contributed by atoms with van der Waals surface area (Å²) in [7, 11) is 3.05. The van der Waals surface area contributed by atoms with E-state index in [1.165, 1.54) is 23.4 Å². The van der Waals surface area contributed by atoms with Crippen molar-refractivity contribution < 1.29 is 4.79 Å². The lowest BCUT2D eigenvalue weighted by Crippen LogP contribution is -2.37. The normalized spacial score (nSPS) is 11.1. The van der Waals surface area contributed by atoms with Crippen LogP contribution in [0.15, 0.2) is 38.9 Å². The van der Waals surface area contributed by atoms with E-state index in [2.05, 4.69) is 10.3 Å². The Morgan fingerprint density at radius 2 is 1.77 bits per heavy atom. The molecule has 0 radical (unpaired) electrons. The van der Waals surface area contributed by atoms with Crippen LogP contribution < -0.4 is 16.6 Å². The summed E-state index contributed by atoms with van der Waals surface area (Å²) in [5, 5.41) is 3.31. The summed E-state index contributed by atoms with van der Waals surface area (Å²) in [6, 6.07) is 5.89. The van der Waals surface area contributed by atoms with E-state index >= 15 is 0 Å². The number of aryl methyl sites for hydroxylation is 4. The lowest BCUT2D eigenvalue weighted by atomic mass is 10.1. The van der Waals surface area contributed by atoms with Crippen molar-refractivity contribution in [1.82, 2.24) is 14.1 Å². The Morgan fingerprint density at radius 1 is 1.10 bits per heavy atom. The van der Waals surface area contributed by atoms with Crippen LogP contribution in [0, 0.1) is 13.8 Å². The molecule has 1 N–H and O–H groups in total. The number of hydrogen-bond donors (Lipinski definition) is 1. The van der Waals surface area contributed by atoms with E-state index in [9.17, 15) is 14.4 Å². The number of carbonyl (C=O) groups excluding carboxylic acids is 1. The van der Waals surface area contributed by atoms with Crippen molar-refractivity contribution in [2.75, 3.05) is 11.1 Å². The number of aromatic nitrogens is 3. The molecule has 0 spiro atoms. The smallest absolute Gasteiger partial charge is 0.325 e. The van der Waals surface area contributed by atoms with Gasteiger partial charge in [0.05, 0.1) is 11.1 Å². The number of pyridine rings is 1. The van der Waals surface area contributed by atoms with Crippen LogP contribution in [-0.2, 0) is 25.3 Å². The fraction of sp³-hybridized carbons (Fsp3) is 0.364. The number of hydrogen-bond acceptors (Lipinski definition) is 5. The number of nitrogens with zero attached hydrogens (tertiary/aromatic N) is 3. The van der Waals surface area contributed by atoms with Crippen LogP contribution in [-0.4, -0.2) is 25.8 Å². The first-order valence-electron chi connectivity index (χ1n) is 9.81. The van der Waals surface area contributed by atoms with Crippen molar-refractivity contribution in [3.8, 4) is 0 Å². The Bertz CT molecular complexity index is 1220. The molecule has 2 aromatic heterocycles. The van der Waals surface area contributed by atoms with Crippen LogP contribution in [0.2, 0.25) is 0 Å². The van der Waals surface area contributed by atoms with E-state index in [4.69, 9.17) is 0 Å². The molecule has 158 valence electrons. The van der Waals surface area contributed by atoms with Crippen LogP contribution in [0.4, 0.5) is 5.69 Å². The number of anilines is 1. The Hall–Kier alpha value is -2.87. The largest absolute Gasteiger partial charge is 0.332 e. The summed E-state index contributed by atoms with van der Waals surface area (Å²) >= 11 is 1.31. The minimum Gasteiger partial charge on any atom is -0.325 e. The standard InChI is InChI=1S/C22H26N4O3S/c1-6-7-15-11-23-20-18(21(28)26(5)22(29)25(20)4)19(15)30-12-17(27)24-16-9-13(2)8-14(3)10-16/h8-11H,6-7,12H2,1-5H3,(H,24,27). The first kappa shape index (κ1) is 21.8. The van der Waals surface area contributed by atoms with Crippen LogP contribution in [0.1, 0.15) is 30.0 Å². The molecular formula is C22H26N4O3S. The van der Waals surface area contributed by atoms with Gasteiger partial charge in [-0.15, -0.1) is 11.8 Å². The zero-order chi connectivity index (χ0) is 22.0. The van der Waals surface area contributed by atoms with Gasteiger partial charge in [0.2, 0.25) is 5.91 Å². The molecule has 30 heavy (non-hydrogen) atoms. The van der Waals surface area contributed by atoms with Crippen molar-refractivity contribution in [2.45, 2.75) is 38.5 Å². The summed E-state index contributed by atoms with van der Waals surface area (Å²) in [6.07, 6.45) is 3.31. The number of amides is 1. The molecule has 2 heterocycles. The number of carbonyl (C=O) groups is 1. The summed E-state index contributed by atoms with van der Waals surface area (Å²) in [5.74, 6) is -0.00602. The Labute approximate surface area is 179 Å². The van der Waals surface area contributed by atoms with Gasteiger partial charge in [-0.05, 0) is 49.1 Å². The second kappa shape index (κ2) is 8.87. The minimum absolute atomic E-state index is 0.148. The summed E-state index contributed by atoms with van der Waals surface area (Å²) in [6.45, 7) is 6.01. The van der Waals surface area contributed by atoms with Crippen molar-refractivity contribution in [1.29, 1.82) is 0 Å². The van der Waals surface area contributed by atoms with Gasteiger partial charge in [-0.2, -0.15) is 0 Å². The van der Waals surface area contributed by atoms with Crippen molar-refractivity contribution in [3.05, 3.63) is 61.9 Å². The lowest BCUT2D eigenvalue weighted by molar-refractivity contribution is -0.113. The zero-order valence-corrected chi connectivity index (χ0v) is 18.7. The van der Waals surface area contributed by atoms with Gasteiger partial charge in [-0.3, -0.25) is 18.7 Å². The van der Waals surface area contributed by atoms with Gasteiger partial charge >= 0.3 is 5.69 Å². The first-order valence-corrected chi connectivity index (χ1v) is 10.8. The second-order valence-electron chi connectivity index (χ2n) is 7.48. The molecule has 3 rings (SSSR count). The number of thioether (sulfide) groups is 1. The van der Waals surface area contributed by atoms with E-state index in [0.717, 1.165) is 39.8 Å². The Balaban J connectivity index is 1.97. The third-order valence-electron chi connectivity index (χ3n) is 4.87. The second-order valence-corrected chi connectivity index (χ2v) is 8.47. The SMILES string of the molecule is CCCc1cnc2c(c1SCC(=O)Nc1cc(C)cc(C)c1)c(=O)n(C)c(=O)n2C. The fourth-order valence-corrected chi connectivity index (χ4v) is 4.55. The van der Waals surface area contributed by atoms with E-state index < -0.39 is 11.2 Å². The van der Waals surface area contributed by atoms with Gasteiger partial charge in [0.25, 0.3) is 5.56 Å². The average molecular weight is 427 g/mol. The van der Waals surface area contributed by atoms with Gasteiger partial charge < -0.3 is 5.32 Å². The minimum atomic E-state index is -0.424. The summed E-state index contributed by atoms with van der Waals surface area (Å²) in [5.41, 5.74) is 3.33. The van der Waals surface area contributed by atoms with Crippen LogP contribution in [0.5, 0.6) is 0 Å². The molecule has 1 amide bonds. The predicted molar refractivity (Wildman–Crippen MR) is 121 cm³/mol. The maximum atomic E-state index is 12.9. The number of fused-ring (bicyclic) bond motifs is 1. The molecular weight excluding hydrogens is 400 g/mol. The van der Waals surface area contributed by atoms with Gasteiger partial charge in [0.1, 0.15) is 5.65 Å². The van der Waals surface area contributed by atoms with Crippen molar-refractivity contribution in [3.63, 3.8) is 0 Å². The molecule has 0 atom stereocenters. The number of benzene rings is 1. The molecule has 7 nitrogen and oxygen atoms in total. The maximum absolute atomic E-state index is 12.9. The molecule has 3 aromatic rings. The molecule has 0 aliphatic carbocycles. The van der Waals surface area contributed by atoms with Gasteiger partial charge in [0, 0.05) is 30.9 Å². The third kappa shape index (κ3) is 4.33. The van der Waals surface area contributed by atoms with Gasteiger partial charge in [-0.25, -0.2) is 9.78 Å². The highest BCUT2D eigenvalue weighted by Gasteiger charge is 2.18. The monoisotopic (exact) mass is 426 g/mol. The maximum Gasteiger partial charge on any atom is 0.332 e. The molecule has 0 fully saturated rings. The quantitative estimate of drug-likeness (QED) is 0.613. The molecule has 8 heteroatoms. The van der Waals surface area contributed by atoms with Gasteiger partial charge in [-0.1, -0.05) is 19.4 Å². The lowest BCUT2D eigenvalue weighted by Gasteiger charge is -2.14. The zero-order valence-electron chi connectivity index (χ0n) is 17.9. The highest BCUT2D eigenvalue weighted by molar-refractivity contribution is 8.00. The predicted octanol–water partition coefficient (Wildman–Crippen LogP) is 2.93. The molecule has 0 aliphatic heterocycles. The third-order valence-corrected chi connectivity index (χ3v) is 6.03. The molecule has 0 saturated heterocycles. The summed E-state index contributed by atoms with van der Waals surface area (Å²) < 4.78 is 2.45. The molecule has 0 aliphatic rings. The highest BCUT2D eigenvalue weighted by Crippen LogP contribution is 2.29. The van der Waals surface area contributed by atoms with Crippen LogP contribution in [0.25, 0.3) is 11.0 Å². The Kier molecular flexibility index (Phi) is 6.45.